The first-order valence-electron chi connectivity index (χ1n) is 8.50. The topological polar surface area (TPSA) is 65.7 Å². The van der Waals surface area contributed by atoms with Gasteiger partial charge in [-0.05, 0) is 43.2 Å². The van der Waals surface area contributed by atoms with Crippen LogP contribution in [0.25, 0.3) is 11.0 Å². The van der Waals surface area contributed by atoms with Crippen molar-refractivity contribution in [2.75, 3.05) is 0 Å². The Hall–Kier alpha value is -3.08. The first-order chi connectivity index (χ1) is 12.5. The molecule has 1 aromatic heterocycles. The fourth-order valence-corrected chi connectivity index (χ4v) is 2.78. The molecule has 0 bridgehead atoms. The Labute approximate surface area is 151 Å². The van der Waals surface area contributed by atoms with E-state index in [0.29, 0.717) is 28.0 Å². The molecule has 3 aromatic rings. The van der Waals surface area contributed by atoms with Crippen molar-refractivity contribution < 1.29 is 18.7 Å². The molecule has 0 saturated carbocycles. The smallest absolute Gasteiger partial charge is 0.308 e. The minimum absolute atomic E-state index is 0.111. The lowest BCUT2D eigenvalue weighted by atomic mass is 10.1. The second-order valence-corrected chi connectivity index (χ2v) is 6.08. The number of rotatable bonds is 5. The Morgan fingerprint density at radius 2 is 1.81 bits per heavy atom. The molecule has 134 valence electrons. The van der Waals surface area contributed by atoms with E-state index in [1.165, 1.54) is 18.8 Å². The molecule has 0 aliphatic carbocycles. The van der Waals surface area contributed by atoms with E-state index < -0.39 is 5.97 Å². The Morgan fingerprint density at radius 1 is 1.08 bits per heavy atom. The van der Waals surface area contributed by atoms with Gasteiger partial charge in [0.05, 0.1) is 5.39 Å². The van der Waals surface area contributed by atoms with Crippen LogP contribution in [0.1, 0.15) is 31.4 Å². The lowest BCUT2D eigenvalue weighted by Crippen LogP contribution is -2.07. The normalized spacial score (nSPS) is 10.7. The number of fused-ring (bicyclic) bond motifs is 1. The molecule has 1 heterocycles. The molecule has 26 heavy (non-hydrogen) atoms. The number of aryl methyl sites for hydroxylation is 2. The molecular formula is C21H20O5. The van der Waals surface area contributed by atoms with Crippen molar-refractivity contribution in [2.24, 2.45) is 0 Å². The number of benzene rings is 2. The Bertz CT molecular complexity index is 999. The van der Waals surface area contributed by atoms with Crippen LogP contribution in [0.2, 0.25) is 0 Å². The summed E-state index contributed by atoms with van der Waals surface area (Å²) in [6, 6.07) is 10.8. The van der Waals surface area contributed by atoms with Crippen LogP contribution in [0.3, 0.4) is 0 Å². The summed E-state index contributed by atoms with van der Waals surface area (Å²) in [5, 5.41) is 0.374. The van der Waals surface area contributed by atoms with Gasteiger partial charge in [0.2, 0.25) is 11.2 Å². The predicted molar refractivity (Wildman–Crippen MR) is 99.0 cm³/mol. The summed E-state index contributed by atoms with van der Waals surface area (Å²) in [6.07, 6.45) is 3.36. The highest BCUT2D eigenvalue weighted by atomic mass is 16.5. The van der Waals surface area contributed by atoms with Gasteiger partial charge in [-0.15, -0.1) is 0 Å². The fourth-order valence-electron chi connectivity index (χ4n) is 2.78. The van der Waals surface area contributed by atoms with Crippen LogP contribution in [0.15, 0.2) is 51.9 Å². The molecule has 0 spiro atoms. The molecule has 0 radical (unpaired) electrons. The monoisotopic (exact) mass is 352 g/mol. The van der Waals surface area contributed by atoms with E-state index in [1.54, 1.807) is 19.1 Å². The minimum atomic E-state index is -0.429. The predicted octanol–water partition coefficient (Wildman–Crippen LogP) is 4.77. The molecule has 3 rings (SSSR count). The van der Waals surface area contributed by atoms with Gasteiger partial charge in [0.25, 0.3) is 0 Å². The number of carbonyl (C=O) groups excluding carboxylic acids is 1. The minimum Gasteiger partial charge on any atom is -0.460 e. The lowest BCUT2D eigenvalue weighted by Gasteiger charge is -2.09. The standard InChI is InChI=1S/C21H20O5/c1-4-5-15-6-8-16(9-7-15)26-19-12-24-21-13(2)18(25-14(3)22)11-10-17(21)20(19)23/h6-12H,4-5H2,1-3H3. The summed E-state index contributed by atoms with van der Waals surface area (Å²) >= 11 is 0. The highest BCUT2D eigenvalue weighted by Crippen LogP contribution is 2.28. The van der Waals surface area contributed by atoms with Gasteiger partial charge in [-0.3, -0.25) is 9.59 Å². The Morgan fingerprint density at radius 3 is 2.46 bits per heavy atom. The van der Waals surface area contributed by atoms with E-state index in [2.05, 4.69) is 6.92 Å². The van der Waals surface area contributed by atoms with Gasteiger partial charge in [-0.2, -0.15) is 0 Å². The Balaban J connectivity index is 1.94. The highest BCUT2D eigenvalue weighted by Gasteiger charge is 2.14. The third kappa shape index (κ3) is 3.61. The molecule has 2 aromatic carbocycles. The summed E-state index contributed by atoms with van der Waals surface area (Å²) < 4.78 is 16.4. The van der Waals surface area contributed by atoms with Crippen molar-refractivity contribution in [3.05, 3.63) is 64.0 Å². The molecule has 5 heteroatoms. The van der Waals surface area contributed by atoms with Gasteiger partial charge >= 0.3 is 5.97 Å². The average Bonchev–Trinajstić information content (AvgIpc) is 2.61. The number of ether oxygens (including phenoxy) is 2. The van der Waals surface area contributed by atoms with Crippen molar-refractivity contribution >= 4 is 16.9 Å². The zero-order valence-corrected chi connectivity index (χ0v) is 15.0. The SMILES string of the molecule is CCCc1ccc(Oc2coc3c(C)c(OC(C)=O)ccc3c2=O)cc1. The summed E-state index contributed by atoms with van der Waals surface area (Å²) in [7, 11) is 0. The van der Waals surface area contributed by atoms with Crippen LogP contribution in [0, 0.1) is 6.92 Å². The quantitative estimate of drug-likeness (QED) is 0.489. The van der Waals surface area contributed by atoms with Crippen LogP contribution < -0.4 is 14.9 Å². The first-order valence-corrected chi connectivity index (χ1v) is 8.50. The summed E-state index contributed by atoms with van der Waals surface area (Å²) in [4.78, 5) is 23.9. The summed E-state index contributed by atoms with van der Waals surface area (Å²) in [5.41, 5.74) is 1.91. The van der Waals surface area contributed by atoms with Crippen LogP contribution >= 0.6 is 0 Å². The molecular weight excluding hydrogens is 332 g/mol. The number of carbonyl (C=O) groups is 1. The number of esters is 1. The maximum Gasteiger partial charge on any atom is 0.308 e. The van der Waals surface area contributed by atoms with Crippen LogP contribution in [0.5, 0.6) is 17.2 Å². The second-order valence-electron chi connectivity index (χ2n) is 6.08. The number of hydrogen-bond acceptors (Lipinski definition) is 5. The Kier molecular flexibility index (Phi) is 5.07. The van der Waals surface area contributed by atoms with Crippen LogP contribution in [-0.2, 0) is 11.2 Å². The average molecular weight is 352 g/mol. The first kappa shape index (κ1) is 17.7. The van der Waals surface area contributed by atoms with Crippen molar-refractivity contribution in [3.8, 4) is 17.2 Å². The second kappa shape index (κ2) is 7.44. The zero-order valence-electron chi connectivity index (χ0n) is 15.0. The molecule has 0 aliphatic rings. The van der Waals surface area contributed by atoms with E-state index in [-0.39, 0.29) is 11.2 Å². The van der Waals surface area contributed by atoms with E-state index in [4.69, 9.17) is 13.9 Å². The molecule has 0 amide bonds. The molecule has 5 nitrogen and oxygen atoms in total. The lowest BCUT2D eigenvalue weighted by molar-refractivity contribution is -0.131. The maximum absolute atomic E-state index is 12.7. The molecule has 0 fully saturated rings. The molecule has 0 saturated heterocycles. The highest BCUT2D eigenvalue weighted by molar-refractivity contribution is 5.84. The van der Waals surface area contributed by atoms with Gasteiger partial charge in [-0.1, -0.05) is 25.5 Å². The zero-order chi connectivity index (χ0) is 18.7. The third-order valence-electron chi connectivity index (χ3n) is 4.05. The maximum atomic E-state index is 12.7. The van der Waals surface area contributed by atoms with Gasteiger partial charge in [-0.25, -0.2) is 0 Å². The van der Waals surface area contributed by atoms with E-state index in [0.717, 1.165) is 12.8 Å². The van der Waals surface area contributed by atoms with Crippen molar-refractivity contribution in [3.63, 3.8) is 0 Å². The van der Waals surface area contributed by atoms with Gasteiger partial charge in [0, 0.05) is 12.5 Å². The fraction of sp³-hybridized carbons (Fsp3) is 0.238. The van der Waals surface area contributed by atoms with Crippen molar-refractivity contribution in [1.29, 1.82) is 0 Å². The molecule has 0 N–H and O–H groups in total. The summed E-state index contributed by atoms with van der Waals surface area (Å²) in [6.45, 7) is 5.18. The van der Waals surface area contributed by atoms with Crippen molar-refractivity contribution in [1.82, 2.24) is 0 Å². The van der Waals surface area contributed by atoms with E-state index in [1.807, 2.05) is 24.3 Å². The molecule has 0 atom stereocenters. The van der Waals surface area contributed by atoms with Gasteiger partial charge in [0.1, 0.15) is 23.3 Å². The third-order valence-corrected chi connectivity index (χ3v) is 4.05. The largest absolute Gasteiger partial charge is 0.460 e. The van der Waals surface area contributed by atoms with Crippen LogP contribution in [-0.4, -0.2) is 5.97 Å². The van der Waals surface area contributed by atoms with Gasteiger partial charge in [0.15, 0.2) is 0 Å². The molecule has 0 aliphatic heterocycles. The van der Waals surface area contributed by atoms with Gasteiger partial charge < -0.3 is 13.9 Å². The van der Waals surface area contributed by atoms with Crippen LogP contribution in [0.4, 0.5) is 0 Å². The van der Waals surface area contributed by atoms with E-state index >= 15 is 0 Å². The van der Waals surface area contributed by atoms with Crippen molar-refractivity contribution in [2.45, 2.75) is 33.6 Å². The number of hydrogen-bond donors (Lipinski definition) is 0. The summed E-state index contributed by atoms with van der Waals surface area (Å²) in [5.74, 6) is 0.625. The van der Waals surface area contributed by atoms with E-state index in [9.17, 15) is 9.59 Å². The molecule has 0 unspecified atom stereocenters.